The van der Waals surface area contributed by atoms with E-state index in [9.17, 15) is 4.79 Å². The van der Waals surface area contributed by atoms with Crippen LogP contribution in [0.5, 0.6) is 5.75 Å². The molecule has 0 saturated carbocycles. The molecule has 0 heterocycles. The molecule has 0 spiro atoms. The molecule has 17 heavy (non-hydrogen) atoms. The summed E-state index contributed by atoms with van der Waals surface area (Å²) in [7, 11) is 1.57. The molecule has 0 bridgehead atoms. The second-order valence-electron chi connectivity index (χ2n) is 3.57. The van der Waals surface area contributed by atoms with E-state index in [1.54, 1.807) is 39.2 Å². The number of nitrogen functional groups attached to an aromatic ring is 1. The van der Waals surface area contributed by atoms with Crippen LogP contribution in [0.2, 0.25) is 0 Å². The van der Waals surface area contributed by atoms with E-state index in [-0.39, 0.29) is 5.97 Å². The summed E-state index contributed by atoms with van der Waals surface area (Å²) in [6.45, 7) is 3.85. The maximum atomic E-state index is 11.5. The molecule has 1 unspecified atom stereocenters. The van der Waals surface area contributed by atoms with Gasteiger partial charge in [0.1, 0.15) is 11.8 Å². The molecule has 3 N–H and O–H groups in total. The number of hydrogen-bond donors (Lipinski definition) is 2. The molecule has 1 atom stereocenters. The number of nitrogens with one attached hydrogen (secondary N) is 1. The molecular formula is C12H18N2O3. The minimum atomic E-state index is -0.454. The van der Waals surface area contributed by atoms with Gasteiger partial charge >= 0.3 is 5.97 Å². The smallest absolute Gasteiger partial charge is 0.328 e. The van der Waals surface area contributed by atoms with E-state index in [0.717, 1.165) is 0 Å². The first-order valence-corrected chi connectivity index (χ1v) is 5.45. The van der Waals surface area contributed by atoms with Gasteiger partial charge in [-0.3, -0.25) is 0 Å². The lowest BCUT2D eigenvalue weighted by atomic mass is 10.2. The molecule has 0 radical (unpaired) electrons. The number of rotatable bonds is 5. The largest absolute Gasteiger partial charge is 0.497 e. The molecule has 1 aromatic carbocycles. The lowest BCUT2D eigenvalue weighted by molar-refractivity contribution is -0.143. The average molecular weight is 238 g/mol. The first-order chi connectivity index (χ1) is 8.08. The minimum absolute atomic E-state index is 0.310. The van der Waals surface area contributed by atoms with E-state index < -0.39 is 6.04 Å². The highest BCUT2D eigenvalue weighted by Gasteiger charge is 2.14. The Labute approximate surface area is 101 Å². The Balaban J connectivity index is 2.76. The molecule has 5 heteroatoms. The van der Waals surface area contributed by atoms with Crippen LogP contribution in [-0.4, -0.2) is 25.7 Å². The van der Waals surface area contributed by atoms with Crippen molar-refractivity contribution in [2.24, 2.45) is 0 Å². The van der Waals surface area contributed by atoms with Gasteiger partial charge in [0, 0.05) is 6.07 Å². The van der Waals surface area contributed by atoms with Gasteiger partial charge in [0.2, 0.25) is 0 Å². The highest BCUT2D eigenvalue weighted by Crippen LogP contribution is 2.25. The predicted molar refractivity (Wildman–Crippen MR) is 67.1 cm³/mol. The van der Waals surface area contributed by atoms with Crippen molar-refractivity contribution in [2.45, 2.75) is 19.9 Å². The first kappa shape index (κ1) is 13.2. The van der Waals surface area contributed by atoms with Crippen molar-refractivity contribution >= 4 is 17.3 Å². The normalized spacial score (nSPS) is 11.7. The van der Waals surface area contributed by atoms with Crippen LogP contribution in [0.15, 0.2) is 18.2 Å². The fourth-order valence-corrected chi connectivity index (χ4v) is 1.35. The zero-order valence-electron chi connectivity index (χ0n) is 10.3. The molecule has 1 aromatic rings. The second-order valence-corrected chi connectivity index (χ2v) is 3.57. The van der Waals surface area contributed by atoms with Gasteiger partial charge in [-0.1, -0.05) is 0 Å². The van der Waals surface area contributed by atoms with Gasteiger partial charge in [-0.2, -0.15) is 0 Å². The minimum Gasteiger partial charge on any atom is -0.497 e. The Bertz CT molecular complexity index is 393. The third kappa shape index (κ3) is 3.55. The summed E-state index contributed by atoms with van der Waals surface area (Å²) in [4.78, 5) is 11.5. The zero-order chi connectivity index (χ0) is 12.8. The fraction of sp³-hybridized carbons (Fsp3) is 0.417. The number of ether oxygens (including phenoxy) is 2. The summed E-state index contributed by atoms with van der Waals surface area (Å²) < 4.78 is 9.99. The van der Waals surface area contributed by atoms with Crippen LogP contribution in [0.3, 0.4) is 0 Å². The molecule has 5 nitrogen and oxygen atoms in total. The van der Waals surface area contributed by atoms with E-state index in [1.165, 1.54) is 0 Å². The summed E-state index contributed by atoms with van der Waals surface area (Å²) >= 11 is 0. The number of benzene rings is 1. The number of methoxy groups -OCH3 is 1. The standard InChI is InChI=1S/C12H18N2O3/c1-4-17-12(15)8(2)14-11-7-9(16-3)5-6-10(11)13/h5-8,14H,4,13H2,1-3H3. The third-order valence-corrected chi connectivity index (χ3v) is 2.27. The molecule has 0 aliphatic carbocycles. The number of esters is 1. The molecule has 0 amide bonds. The third-order valence-electron chi connectivity index (χ3n) is 2.27. The highest BCUT2D eigenvalue weighted by molar-refractivity contribution is 5.81. The van der Waals surface area contributed by atoms with Gasteiger partial charge in [0.15, 0.2) is 0 Å². The van der Waals surface area contributed by atoms with E-state index in [1.807, 2.05) is 0 Å². The molecule has 1 rings (SSSR count). The van der Waals surface area contributed by atoms with Gasteiger partial charge in [-0.15, -0.1) is 0 Å². The lowest BCUT2D eigenvalue weighted by Gasteiger charge is -2.16. The van der Waals surface area contributed by atoms with Crippen LogP contribution >= 0.6 is 0 Å². The number of anilines is 2. The number of carbonyl (C=O) groups excluding carboxylic acids is 1. The van der Waals surface area contributed by atoms with Crippen LogP contribution in [0, 0.1) is 0 Å². The highest BCUT2D eigenvalue weighted by atomic mass is 16.5. The Morgan fingerprint density at radius 3 is 2.82 bits per heavy atom. The average Bonchev–Trinajstić information content (AvgIpc) is 2.32. The maximum Gasteiger partial charge on any atom is 0.328 e. The quantitative estimate of drug-likeness (QED) is 0.602. The van der Waals surface area contributed by atoms with Gasteiger partial charge in [0.05, 0.1) is 25.1 Å². The molecule has 94 valence electrons. The molecule has 0 saturated heterocycles. The van der Waals surface area contributed by atoms with E-state index >= 15 is 0 Å². The van der Waals surface area contributed by atoms with Gasteiger partial charge in [-0.25, -0.2) is 4.79 Å². The summed E-state index contributed by atoms with van der Waals surface area (Å²) in [5, 5.41) is 2.99. The summed E-state index contributed by atoms with van der Waals surface area (Å²) in [5.41, 5.74) is 7.01. The Kier molecular flexibility index (Phi) is 4.63. The number of nitrogens with two attached hydrogens (primary N) is 1. The van der Waals surface area contributed by atoms with Gasteiger partial charge in [0.25, 0.3) is 0 Å². The SMILES string of the molecule is CCOC(=O)C(C)Nc1cc(OC)ccc1N. The fourth-order valence-electron chi connectivity index (χ4n) is 1.35. The molecule has 0 aromatic heterocycles. The van der Waals surface area contributed by atoms with E-state index in [4.69, 9.17) is 15.2 Å². The second kappa shape index (κ2) is 5.98. The van der Waals surface area contributed by atoms with Crippen molar-refractivity contribution < 1.29 is 14.3 Å². The summed E-state index contributed by atoms with van der Waals surface area (Å²) in [6.07, 6.45) is 0. The Hall–Kier alpha value is -1.91. The van der Waals surface area contributed by atoms with Crippen molar-refractivity contribution in [1.29, 1.82) is 0 Å². The van der Waals surface area contributed by atoms with Gasteiger partial charge < -0.3 is 20.5 Å². The Morgan fingerprint density at radius 2 is 2.24 bits per heavy atom. The topological polar surface area (TPSA) is 73.6 Å². The molecule has 0 aliphatic rings. The molecule has 0 fully saturated rings. The number of hydrogen-bond acceptors (Lipinski definition) is 5. The van der Waals surface area contributed by atoms with Crippen LogP contribution < -0.4 is 15.8 Å². The first-order valence-electron chi connectivity index (χ1n) is 5.45. The van der Waals surface area contributed by atoms with Crippen LogP contribution in [0.4, 0.5) is 11.4 Å². The van der Waals surface area contributed by atoms with Gasteiger partial charge in [-0.05, 0) is 26.0 Å². The van der Waals surface area contributed by atoms with E-state index in [2.05, 4.69) is 5.32 Å². The van der Waals surface area contributed by atoms with Crippen LogP contribution in [0.1, 0.15) is 13.8 Å². The molecular weight excluding hydrogens is 220 g/mol. The Morgan fingerprint density at radius 1 is 1.53 bits per heavy atom. The monoisotopic (exact) mass is 238 g/mol. The summed E-state index contributed by atoms with van der Waals surface area (Å²) in [6, 6.07) is 4.77. The number of carbonyl (C=O) groups is 1. The van der Waals surface area contributed by atoms with Crippen molar-refractivity contribution in [1.82, 2.24) is 0 Å². The lowest BCUT2D eigenvalue weighted by Crippen LogP contribution is -2.28. The zero-order valence-corrected chi connectivity index (χ0v) is 10.3. The summed E-state index contributed by atoms with van der Waals surface area (Å²) in [5.74, 6) is 0.368. The van der Waals surface area contributed by atoms with Crippen molar-refractivity contribution in [3.8, 4) is 5.75 Å². The van der Waals surface area contributed by atoms with E-state index in [0.29, 0.717) is 23.7 Å². The van der Waals surface area contributed by atoms with Crippen molar-refractivity contribution in [3.63, 3.8) is 0 Å². The van der Waals surface area contributed by atoms with Crippen LogP contribution in [-0.2, 0) is 9.53 Å². The van der Waals surface area contributed by atoms with Crippen LogP contribution in [0.25, 0.3) is 0 Å². The van der Waals surface area contributed by atoms with Crippen molar-refractivity contribution in [3.05, 3.63) is 18.2 Å². The maximum absolute atomic E-state index is 11.5. The predicted octanol–water partition coefficient (Wildman–Crippen LogP) is 1.64. The van der Waals surface area contributed by atoms with Crippen molar-refractivity contribution in [2.75, 3.05) is 24.8 Å². The molecule has 0 aliphatic heterocycles.